The Labute approximate surface area is 55.9 Å². The smallest absolute Gasteiger partial charge is 0.125 e. The Morgan fingerprint density at radius 1 is 1.78 bits per heavy atom. The van der Waals surface area contributed by atoms with Gasteiger partial charge in [0.15, 0.2) is 0 Å². The lowest BCUT2D eigenvalue weighted by atomic mass is 10.0. The molecule has 0 saturated heterocycles. The van der Waals surface area contributed by atoms with E-state index in [1.54, 1.807) is 0 Å². The minimum Gasteiger partial charge on any atom is -0.395 e. The maximum absolute atomic E-state index is 4.91. The van der Waals surface area contributed by atoms with Crippen LogP contribution in [0.4, 0.5) is 0 Å². The monoisotopic (exact) mass is 127 g/mol. The number of nitrogens with zero attached hydrogens (tertiary/aromatic N) is 1. The first-order valence-electron chi connectivity index (χ1n) is 3.53. The van der Waals surface area contributed by atoms with Crippen LogP contribution in [-0.2, 0) is 4.84 Å². The van der Waals surface area contributed by atoms with Crippen LogP contribution in [0.3, 0.4) is 0 Å². The van der Waals surface area contributed by atoms with E-state index in [-0.39, 0.29) is 0 Å². The van der Waals surface area contributed by atoms with E-state index in [0.717, 1.165) is 13.0 Å². The molecule has 0 fully saturated rings. The number of rotatable bonds is 2. The van der Waals surface area contributed by atoms with Gasteiger partial charge >= 0.3 is 0 Å². The standard InChI is InChI=1S/C7H13NO/c1-3-4-7-6(2)5-9-8-7/h6H,3-5H2,1-2H3. The van der Waals surface area contributed by atoms with Crippen molar-refractivity contribution >= 4 is 5.71 Å². The quantitative estimate of drug-likeness (QED) is 0.554. The molecule has 0 aromatic heterocycles. The molecule has 0 amide bonds. The van der Waals surface area contributed by atoms with Crippen LogP contribution in [0.1, 0.15) is 26.7 Å². The van der Waals surface area contributed by atoms with Crippen molar-refractivity contribution in [2.24, 2.45) is 11.1 Å². The first kappa shape index (κ1) is 6.59. The summed E-state index contributed by atoms with van der Waals surface area (Å²) in [6.45, 7) is 5.10. The first-order chi connectivity index (χ1) is 4.34. The fraction of sp³-hybridized carbons (Fsp3) is 0.857. The molecule has 0 radical (unpaired) electrons. The van der Waals surface area contributed by atoms with E-state index in [2.05, 4.69) is 19.0 Å². The highest BCUT2D eigenvalue weighted by Crippen LogP contribution is 2.12. The van der Waals surface area contributed by atoms with Gasteiger partial charge in [-0.15, -0.1) is 0 Å². The molecule has 0 aromatic rings. The second kappa shape index (κ2) is 2.85. The Kier molecular flexibility index (Phi) is 2.09. The lowest BCUT2D eigenvalue weighted by molar-refractivity contribution is 0.158. The van der Waals surface area contributed by atoms with Crippen molar-refractivity contribution in [3.05, 3.63) is 0 Å². The van der Waals surface area contributed by atoms with Crippen molar-refractivity contribution < 1.29 is 4.84 Å². The van der Waals surface area contributed by atoms with Crippen molar-refractivity contribution in [2.75, 3.05) is 6.61 Å². The molecule has 0 N–H and O–H groups in total. The summed E-state index contributed by atoms with van der Waals surface area (Å²) in [6.07, 6.45) is 2.27. The Morgan fingerprint density at radius 3 is 3.00 bits per heavy atom. The molecule has 1 atom stereocenters. The Balaban J connectivity index is 2.38. The van der Waals surface area contributed by atoms with Gasteiger partial charge in [0.25, 0.3) is 0 Å². The van der Waals surface area contributed by atoms with Crippen LogP contribution in [0.25, 0.3) is 0 Å². The minimum atomic E-state index is 0.560. The molecule has 2 heteroatoms. The van der Waals surface area contributed by atoms with Gasteiger partial charge in [0.2, 0.25) is 0 Å². The topological polar surface area (TPSA) is 21.6 Å². The van der Waals surface area contributed by atoms with E-state index in [4.69, 9.17) is 4.84 Å². The normalized spacial score (nSPS) is 25.6. The summed E-state index contributed by atoms with van der Waals surface area (Å²) < 4.78 is 0. The van der Waals surface area contributed by atoms with E-state index >= 15 is 0 Å². The van der Waals surface area contributed by atoms with E-state index in [0.29, 0.717) is 5.92 Å². The summed E-state index contributed by atoms with van der Waals surface area (Å²) in [5.74, 6) is 0.560. The summed E-state index contributed by atoms with van der Waals surface area (Å²) in [6, 6.07) is 0. The predicted molar refractivity (Wildman–Crippen MR) is 37.5 cm³/mol. The van der Waals surface area contributed by atoms with Crippen molar-refractivity contribution in [2.45, 2.75) is 26.7 Å². The van der Waals surface area contributed by atoms with Gasteiger partial charge in [-0.05, 0) is 6.42 Å². The summed E-state index contributed by atoms with van der Waals surface area (Å²) in [4.78, 5) is 4.91. The van der Waals surface area contributed by atoms with Gasteiger partial charge in [0.1, 0.15) is 6.61 Å². The van der Waals surface area contributed by atoms with Crippen molar-refractivity contribution in [1.29, 1.82) is 0 Å². The van der Waals surface area contributed by atoms with Crippen molar-refractivity contribution in [3.63, 3.8) is 0 Å². The Bertz CT molecular complexity index is 120. The maximum Gasteiger partial charge on any atom is 0.125 e. The summed E-state index contributed by atoms with van der Waals surface area (Å²) in [5.41, 5.74) is 1.23. The van der Waals surface area contributed by atoms with Crippen molar-refractivity contribution in [1.82, 2.24) is 0 Å². The Hall–Kier alpha value is -0.530. The highest BCUT2D eigenvalue weighted by molar-refractivity contribution is 5.86. The molecule has 0 saturated carbocycles. The Morgan fingerprint density at radius 2 is 2.56 bits per heavy atom. The highest BCUT2D eigenvalue weighted by atomic mass is 16.6. The third-order valence-corrected chi connectivity index (χ3v) is 1.58. The molecule has 0 aliphatic carbocycles. The zero-order valence-corrected chi connectivity index (χ0v) is 6.05. The van der Waals surface area contributed by atoms with Gasteiger partial charge in [-0.1, -0.05) is 25.4 Å². The summed E-state index contributed by atoms with van der Waals surface area (Å²) in [7, 11) is 0. The highest BCUT2D eigenvalue weighted by Gasteiger charge is 2.16. The van der Waals surface area contributed by atoms with E-state index in [9.17, 15) is 0 Å². The molecular formula is C7H13NO. The second-order valence-corrected chi connectivity index (χ2v) is 2.53. The van der Waals surface area contributed by atoms with Gasteiger partial charge in [-0.3, -0.25) is 0 Å². The van der Waals surface area contributed by atoms with Crippen LogP contribution < -0.4 is 0 Å². The summed E-state index contributed by atoms with van der Waals surface area (Å²) >= 11 is 0. The van der Waals surface area contributed by atoms with Crippen LogP contribution in [-0.4, -0.2) is 12.3 Å². The van der Waals surface area contributed by atoms with Gasteiger partial charge in [0.05, 0.1) is 5.71 Å². The third kappa shape index (κ3) is 1.44. The molecule has 0 bridgehead atoms. The molecule has 1 heterocycles. The fourth-order valence-corrected chi connectivity index (χ4v) is 0.966. The van der Waals surface area contributed by atoms with Gasteiger partial charge < -0.3 is 4.84 Å². The van der Waals surface area contributed by atoms with Crippen LogP contribution in [0, 0.1) is 5.92 Å². The molecule has 2 nitrogen and oxygen atoms in total. The second-order valence-electron chi connectivity index (χ2n) is 2.53. The molecule has 0 aromatic carbocycles. The zero-order chi connectivity index (χ0) is 6.69. The lowest BCUT2D eigenvalue weighted by Crippen LogP contribution is -2.07. The van der Waals surface area contributed by atoms with Crippen LogP contribution >= 0.6 is 0 Å². The van der Waals surface area contributed by atoms with Crippen LogP contribution in [0.15, 0.2) is 5.16 Å². The molecule has 0 spiro atoms. The van der Waals surface area contributed by atoms with Gasteiger partial charge in [0, 0.05) is 5.92 Å². The zero-order valence-electron chi connectivity index (χ0n) is 6.05. The average Bonchev–Trinajstić information content (AvgIpc) is 2.18. The molecule has 1 aliphatic heterocycles. The first-order valence-corrected chi connectivity index (χ1v) is 3.53. The average molecular weight is 127 g/mol. The molecule has 1 unspecified atom stereocenters. The largest absolute Gasteiger partial charge is 0.395 e. The molecule has 52 valence electrons. The fourth-order valence-electron chi connectivity index (χ4n) is 0.966. The van der Waals surface area contributed by atoms with Gasteiger partial charge in [-0.2, -0.15) is 0 Å². The predicted octanol–water partition coefficient (Wildman–Crippen LogP) is 1.81. The van der Waals surface area contributed by atoms with E-state index < -0.39 is 0 Å². The number of oxime groups is 1. The SMILES string of the molecule is CCCC1=NOCC1C. The molecular weight excluding hydrogens is 114 g/mol. The maximum atomic E-state index is 4.91. The number of hydrogen-bond acceptors (Lipinski definition) is 2. The number of hydrogen-bond donors (Lipinski definition) is 0. The minimum absolute atomic E-state index is 0.560. The van der Waals surface area contributed by atoms with Crippen LogP contribution in [0.2, 0.25) is 0 Å². The lowest BCUT2D eigenvalue weighted by Gasteiger charge is -1.98. The molecule has 9 heavy (non-hydrogen) atoms. The molecule has 1 aliphatic rings. The van der Waals surface area contributed by atoms with Crippen molar-refractivity contribution in [3.8, 4) is 0 Å². The van der Waals surface area contributed by atoms with E-state index in [1.165, 1.54) is 12.1 Å². The summed E-state index contributed by atoms with van der Waals surface area (Å²) in [5, 5.41) is 3.92. The van der Waals surface area contributed by atoms with Gasteiger partial charge in [-0.25, -0.2) is 0 Å². The molecule has 1 rings (SSSR count). The van der Waals surface area contributed by atoms with E-state index in [1.807, 2.05) is 0 Å². The van der Waals surface area contributed by atoms with Crippen LogP contribution in [0.5, 0.6) is 0 Å². The third-order valence-electron chi connectivity index (χ3n) is 1.58.